The highest BCUT2D eigenvalue weighted by atomic mass is 35.5. The van der Waals surface area contributed by atoms with Gasteiger partial charge in [-0.2, -0.15) is 0 Å². The number of aliphatic hydroxyl groups is 1. The first kappa shape index (κ1) is 15.2. The minimum atomic E-state index is -0.587. The number of aliphatic hydroxyl groups excluding tert-OH is 1. The Labute approximate surface area is 128 Å². The normalized spacial score (nSPS) is 12.2. The number of rotatable bonds is 5. The van der Waals surface area contributed by atoms with Crippen LogP contribution in [-0.2, 0) is 6.54 Å². The van der Waals surface area contributed by atoms with Crippen molar-refractivity contribution < 1.29 is 9.84 Å². The second-order valence-electron chi connectivity index (χ2n) is 4.63. The maximum Gasteiger partial charge on any atom is 0.126 e. The number of methoxy groups -OCH3 is 1. The van der Waals surface area contributed by atoms with Gasteiger partial charge in [0.15, 0.2) is 0 Å². The number of halogens is 1. The number of hydrogen-bond acceptors (Lipinski definition) is 4. The summed E-state index contributed by atoms with van der Waals surface area (Å²) in [5.41, 5.74) is 1.77. The first-order valence-electron chi connectivity index (χ1n) is 6.33. The fourth-order valence-corrected chi connectivity index (χ4v) is 3.36. The van der Waals surface area contributed by atoms with Crippen LogP contribution in [0.1, 0.15) is 23.5 Å². The van der Waals surface area contributed by atoms with Crippen molar-refractivity contribution in [3.05, 3.63) is 45.1 Å². The summed E-state index contributed by atoms with van der Waals surface area (Å²) < 4.78 is 6.13. The third kappa shape index (κ3) is 3.26. The fourth-order valence-electron chi connectivity index (χ4n) is 2.22. The molecule has 5 heteroatoms. The van der Waals surface area contributed by atoms with Gasteiger partial charge in [-0.15, -0.1) is 11.3 Å². The van der Waals surface area contributed by atoms with E-state index in [0.29, 0.717) is 5.75 Å². The summed E-state index contributed by atoms with van der Waals surface area (Å²) in [5.74, 6) is 0.702. The highest BCUT2D eigenvalue weighted by molar-refractivity contribution is 7.16. The molecule has 0 aliphatic rings. The molecule has 2 rings (SSSR count). The Bertz CT molecular complexity index is 583. The van der Waals surface area contributed by atoms with Gasteiger partial charge >= 0.3 is 0 Å². The van der Waals surface area contributed by atoms with Crippen LogP contribution in [0.2, 0.25) is 4.34 Å². The Morgan fingerprint density at radius 2 is 2.10 bits per heavy atom. The van der Waals surface area contributed by atoms with E-state index in [-0.39, 0.29) is 0 Å². The molecule has 1 aromatic carbocycles. The van der Waals surface area contributed by atoms with Crippen LogP contribution in [0.3, 0.4) is 0 Å². The zero-order chi connectivity index (χ0) is 14.7. The summed E-state index contributed by atoms with van der Waals surface area (Å²) in [6.07, 6.45) is -0.587. The van der Waals surface area contributed by atoms with Gasteiger partial charge in [-0.3, -0.25) is 0 Å². The maximum absolute atomic E-state index is 10.0. The van der Waals surface area contributed by atoms with E-state index < -0.39 is 6.10 Å². The minimum absolute atomic E-state index is 0.587. The monoisotopic (exact) mass is 311 g/mol. The lowest BCUT2D eigenvalue weighted by molar-refractivity contribution is 0.194. The number of benzene rings is 1. The molecule has 108 valence electrons. The standard InChI is InChI=1S/C15H18ClNO2S/c1-10(18)15-12(5-4-6-13(15)19-3)17(2)9-11-7-8-14(16)20-11/h4-8,10,18H,9H2,1-3H3/t10-/m1/s1. The van der Waals surface area contributed by atoms with Crippen molar-refractivity contribution in [2.24, 2.45) is 0 Å². The topological polar surface area (TPSA) is 32.7 Å². The SMILES string of the molecule is COc1cccc(N(C)Cc2ccc(Cl)s2)c1[C@@H](C)O. The molecular weight excluding hydrogens is 294 g/mol. The Morgan fingerprint density at radius 1 is 1.35 bits per heavy atom. The Balaban J connectivity index is 2.31. The number of ether oxygens (including phenoxy) is 1. The van der Waals surface area contributed by atoms with Gasteiger partial charge in [0, 0.05) is 23.2 Å². The van der Waals surface area contributed by atoms with Crippen molar-refractivity contribution in [3.8, 4) is 5.75 Å². The second-order valence-corrected chi connectivity index (χ2v) is 6.43. The molecule has 0 bridgehead atoms. The summed E-state index contributed by atoms with van der Waals surface area (Å²) >= 11 is 7.52. The lowest BCUT2D eigenvalue weighted by atomic mass is 10.1. The van der Waals surface area contributed by atoms with E-state index >= 15 is 0 Å². The summed E-state index contributed by atoms with van der Waals surface area (Å²) in [7, 11) is 3.61. The maximum atomic E-state index is 10.0. The number of hydrogen-bond donors (Lipinski definition) is 1. The molecule has 0 saturated heterocycles. The van der Waals surface area contributed by atoms with Gasteiger partial charge in [0.25, 0.3) is 0 Å². The van der Waals surface area contributed by atoms with E-state index in [1.54, 1.807) is 25.4 Å². The van der Waals surface area contributed by atoms with Crippen molar-refractivity contribution in [2.75, 3.05) is 19.1 Å². The second kappa shape index (κ2) is 6.48. The van der Waals surface area contributed by atoms with E-state index in [1.807, 2.05) is 37.4 Å². The molecule has 0 saturated carbocycles. The predicted octanol–water partition coefficient (Wildman–Crippen LogP) is 4.10. The van der Waals surface area contributed by atoms with Crippen LogP contribution in [0.25, 0.3) is 0 Å². The third-order valence-electron chi connectivity index (χ3n) is 3.11. The average molecular weight is 312 g/mol. The lowest BCUT2D eigenvalue weighted by Gasteiger charge is -2.24. The fraction of sp³-hybridized carbons (Fsp3) is 0.333. The largest absolute Gasteiger partial charge is 0.496 e. The number of nitrogens with zero attached hydrogens (tertiary/aromatic N) is 1. The highest BCUT2D eigenvalue weighted by Crippen LogP contribution is 2.35. The molecule has 0 unspecified atom stereocenters. The number of anilines is 1. The van der Waals surface area contributed by atoms with E-state index in [1.165, 1.54) is 4.88 Å². The Hall–Kier alpha value is -1.23. The van der Waals surface area contributed by atoms with Crippen molar-refractivity contribution >= 4 is 28.6 Å². The van der Waals surface area contributed by atoms with Crippen molar-refractivity contribution in [1.29, 1.82) is 0 Å². The quantitative estimate of drug-likeness (QED) is 0.902. The van der Waals surface area contributed by atoms with Crippen LogP contribution in [0, 0.1) is 0 Å². The van der Waals surface area contributed by atoms with Crippen LogP contribution < -0.4 is 9.64 Å². The van der Waals surface area contributed by atoms with Gasteiger partial charge in [0.05, 0.1) is 24.1 Å². The molecule has 1 atom stereocenters. The lowest BCUT2D eigenvalue weighted by Crippen LogP contribution is -2.18. The van der Waals surface area contributed by atoms with Gasteiger partial charge < -0.3 is 14.7 Å². The molecule has 0 fully saturated rings. The first-order chi connectivity index (χ1) is 9.52. The molecule has 3 nitrogen and oxygen atoms in total. The van der Waals surface area contributed by atoms with Gasteiger partial charge in [0.2, 0.25) is 0 Å². The van der Waals surface area contributed by atoms with Crippen LogP contribution in [0.4, 0.5) is 5.69 Å². The molecule has 2 aromatic rings. The van der Waals surface area contributed by atoms with Crippen LogP contribution >= 0.6 is 22.9 Å². The van der Waals surface area contributed by atoms with E-state index in [2.05, 4.69) is 4.90 Å². The molecule has 1 heterocycles. The zero-order valence-corrected chi connectivity index (χ0v) is 13.3. The summed E-state index contributed by atoms with van der Waals surface area (Å²) in [6.45, 7) is 2.49. The van der Waals surface area contributed by atoms with Crippen molar-refractivity contribution in [1.82, 2.24) is 0 Å². The predicted molar refractivity (Wildman–Crippen MR) is 85.1 cm³/mol. The van der Waals surface area contributed by atoms with E-state index in [4.69, 9.17) is 16.3 Å². The molecule has 0 aliphatic heterocycles. The van der Waals surface area contributed by atoms with E-state index in [0.717, 1.165) is 22.1 Å². The minimum Gasteiger partial charge on any atom is -0.496 e. The molecule has 0 radical (unpaired) electrons. The molecule has 1 N–H and O–H groups in total. The summed E-state index contributed by atoms with van der Waals surface area (Å²) in [4.78, 5) is 3.27. The third-order valence-corrected chi connectivity index (χ3v) is 4.33. The van der Waals surface area contributed by atoms with Gasteiger partial charge in [-0.1, -0.05) is 17.7 Å². The van der Waals surface area contributed by atoms with Crippen molar-refractivity contribution in [2.45, 2.75) is 19.6 Å². The van der Waals surface area contributed by atoms with E-state index in [9.17, 15) is 5.11 Å². The molecule has 20 heavy (non-hydrogen) atoms. The highest BCUT2D eigenvalue weighted by Gasteiger charge is 2.17. The molecule has 0 spiro atoms. The van der Waals surface area contributed by atoms with Gasteiger partial charge in [-0.05, 0) is 31.2 Å². The summed E-state index contributed by atoms with van der Waals surface area (Å²) in [5, 5.41) is 10.0. The Morgan fingerprint density at radius 3 is 2.65 bits per heavy atom. The molecular formula is C15H18ClNO2S. The number of thiophene rings is 1. The van der Waals surface area contributed by atoms with Crippen LogP contribution in [0.5, 0.6) is 5.75 Å². The molecule has 0 amide bonds. The van der Waals surface area contributed by atoms with Gasteiger partial charge in [0.1, 0.15) is 5.75 Å². The Kier molecular flexibility index (Phi) is 4.91. The summed E-state index contributed by atoms with van der Waals surface area (Å²) in [6, 6.07) is 9.70. The van der Waals surface area contributed by atoms with Crippen molar-refractivity contribution in [3.63, 3.8) is 0 Å². The molecule has 0 aliphatic carbocycles. The van der Waals surface area contributed by atoms with Crippen LogP contribution in [-0.4, -0.2) is 19.3 Å². The average Bonchev–Trinajstić information content (AvgIpc) is 2.82. The zero-order valence-electron chi connectivity index (χ0n) is 11.8. The molecule has 1 aromatic heterocycles. The van der Waals surface area contributed by atoms with Crippen LogP contribution in [0.15, 0.2) is 30.3 Å². The van der Waals surface area contributed by atoms with Gasteiger partial charge in [-0.25, -0.2) is 0 Å². The smallest absolute Gasteiger partial charge is 0.126 e. The first-order valence-corrected chi connectivity index (χ1v) is 7.52.